The molecular weight excluding hydrogens is 306 g/mol. The van der Waals surface area contributed by atoms with Crippen molar-refractivity contribution in [2.24, 2.45) is 0 Å². The summed E-state index contributed by atoms with van der Waals surface area (Å²) in [7, 11) is 0. The third-order valence-corrected chi connectivity index (χ3v) is 4.90. The van der Waals surface area contributed by atoms with E-state index in [1.807, 2.05) is 6.07 Å². The van der Waals surface area contributed by atoms with E-state index >= 15 is 0 Å². The highest BCUT2D eigenvalue weighted by atomic mass is 16.5. The van der Waals surface area contributed by atoms with E-state index in [-0.39, 0.29) is 23.5 Å². The van der Waals surface area contributed by atoms with Crippen molar-refractivity contribution in [1.29, 1.82) is 0 Å². The van der Waals surface area contributed by atoms with Gasteiger partial charge in [-0.25, -0.2) is 0 Å². The van der Waals surface area contributed by atoms with Gasteiger partial charge in [0.15, 0.2) is 0 Å². The largest absolute Gasteiger partial charge is 0.377 e. The van der Waals surface area contributed by atoms with Crippen molar-refractivity contribution in [2.45, 2.75) is 70.4 Å². The lowest BCUT2D eigenvalue weighted by molar-refractivity contribution is -0.121. The maximum atomic E-state index is 12.6. The first-order valence-electron chi connectivity index (χ1n) is 9.07. The number of ether oxygens (including phenoxy) is 1. The quantitative estimate of drug-likeness (QED) is 0.916. The van der Waals surface area contributed by atoms with Crippen molar-refractivity contribution in [1.82, 2.24) is 10.1 Å². The van der Waals surface area contributed by atoms with Gasteiger partial charge in [-0.15, -0.1) is 0 Å². The van der Waals surface area contributed by atoms with Gasteiger partial charge >= 0.3 is 0 Å². The molecule has 24 heavy (non-hydrogen) atoms. The molecule has 0 aliphatic carbocycles. The number of nitrogens with one attached hydrogen (secondary N) is 1. The molecule has 1 N–H and O–H groups in total. The summed E-state index contributed by atoms with van der Waals surface area (Å²) in [6.45, 7) is 8.87. The van der Waals surface area contributed by atoms with E-state index in [4.69, 9.17) is 9.26 Å². The molecule has 3 heterocycles. The Morgan fingerprint density at radius 1 is 1.33 bits per heavy atom. The van der Waals surface area contributed by atoms with Crippen LogP contribution in [-0.4, -0.2) is 47.8 Å². The highest BCUT2D eigenvalue weighted by molar-refractivity contribution is 5.93. The Bertz CT molecular complexity index is 558. The Labute approximate surface area is 143 Å². The highest BCUT2D eigenvalue weighted by Crippen LogP contribution is 2.25. The van der Waals surface area contributed by atoms with E-state index in [2.05, 4.69) is 36.1 Å². The molecule has 1 aromatic rings. The van der Waals surface area contributed by atoms with Crippen molar-refractivity contribution in [3.8, 4) is 0 Å². The number of hydrogen-bond donors (Lipinski definition) is 1. The van der Waals surface area contributed by atoms with Gasteiger partial charge in [-0.2, -0.15) is 0 Å². The van der Waals surface area contributed by atoms with Crippen LogP contribution < -0.4 is 5.32 Å². The molecule has 6 heteroatoms. The average molecular weight is 335 g/mol. The van der Waals surface area contributed by atoms with Crippen molar-refractivity contribution in [3.05, 3.63) is 11.8 Å². The van der Waals surface area contributed by atoms with E-state index in [1.165, 1.54) is 6.42 Å². The maximum absolute atomic E-state index is 12.6. The third kappa shape index (κ3) is 4.16. The maximum Gasteiger partial charge on any atom is 0.244 e. The van der Waals surface area contributed by atoms with Crippen LogP contribution in [0.2, 0.25) is 0 Å². The molecule has 2 aliphatic heterocycles. The van der Waals surface area contributed by atoms with E-state index < -0.39 is 0 Å². The molecule has 134 valence electrons. The lowest BCUT2D eigenvalue weighted by Gasteiger charge is -2.30. The smallest absolute Gasteiger partial charge is 0.244 e. The van der Waals surface area contributed by atoms with Crippen LogP contribution in [0, 0.1) is 0 Å². The number of hydrogen-bond acceptors (Lipinski definition) is 5. The predicted octanol–water partition coefficient (Wildman–Crippen LogP) is 2.94. The Kier molecular flexibility index (Phi) is 5.25. The zero-order valence-corrected chi connectivity index (χ0v) is 15.0. The van der Waals surface area contributed by atoms with Gasteiger partial charge in [0, 0.05) is 24.6 Å². The standard InChI is InChI=1S/C18H29N3O3/c1-18(2,3)15-11-16(24-20-15)19-17(22)14-8-6-9-21(14)12-13-7-4-5-10-23-13/h11,13-14H,4-10,12H2,1-3H3,(H,19,22). The first kappa shape index (κ1) is 17.4. The molecule has 1 aromatic heterocycles. The van der Waals surface area contributed by atoms with Gasteiger partial charge in [0.2, 0.25) is 11.8 Å². The molecule has 2 atom stereocenters. The minimum Gasteiger partial charge on any atom is -0.377 e. The number of likely N-dealkylation sites (tertiary alicyclic amines) is 1. The minimum atomic E-state index is -0.0984. The fourth-order valence-corrected chi connectivity index (χ4v) is 3.45. The summed E-state index contributed by atoms with van der Waals surface area (Å²) in [5.74, 6) is 0.436. The van der Waals surface area contributed by atoms with E-state index in [0.29, 0.717) is 5.88 Å². The molecule has 0 aromatic carbocycles. The molecule has 0 bridgehead atoms. The van der Waals surface area contributed by atoms with Crippen LogP contribution in [0.25, 0.3) is 0 Å². The summed E-state index contributed by atoms with van der Waals surface area (Å²) in [5, 5.41) is 6.95. The first-order valence-corrected chi connectivity index (χ1v) is 9.07. The van der Waals surface area contributed by atoms with Gasteiger partial charge < -0.3 is 9.26 Å². The molecule has 2 unspecified atom stereocenters. The average Bonchev–Trinajstić information content (AvgIpc) is 3.17. The summed E-state index contributed by atoms with van der Waals surface area (Å²) in [5.41, 5.74) is 0.751. The topological polar surface area (TPSA) is 67.6 Å². The third-order valence-electron chi connectivity index (χ3n) is 4.90. The normalized spacial score (nSPS) is 25.8. The molecule has 0 spiro atoms. The van der Waals surface area contributed by atoms with Gasteiger partial charge in [0.05, 0.1) is 17.8 Å². The Morgan fingerprint density at radius 2 is 2.17 bits per heavy atom. The van der Waals surface area contributed by atoms with Gasteiger partial charge in [0.25, 0.3) is 0 Å². The number of carbonyl (C=O) groups is 1. The fourth-order valence-electron chi connectivity index (χ4n) is 3.45. The van der Waals surface area contributed by atoms with Crippen molar-refractivity contribution in [2.75, 3.05) is 25.0 Å². The number of rotatable bonds is 4. The van der Waals surface area contributed by atoms with Crippen molar-refractivity contribution < 1.29 is 14.1 Å². The molecule has 3 rings (SSSR count). The molecule has 2 fully saturated rings. The van der Waals surface area contributed by atoms with Crippen LogP contribution in [0.4, 0.5) is 5.88 Å². The number of nitrogens with zero attached hydrogens (tertiary/aromatic N) is 2. The molecule has 0 radical (unpaired) electrons. The fraction of sp³-hybridized carbons (Fsp3) is 0.778. The lowest BCUT2D eigenvalue weighted by atomic mass is 9.92. The summed E-state index contributed by atoms with van der Waals surface area (Å²) in [6, 6.07) is 1.72. The molecule has 6 nitrogen and oxygen atoms in total. The van der Waals surface area contributed by atoms with Crippen LogP contribution >= 0.6 is 0 Å². The molecule has 0 saturated carbocycles. The number of carbonyl (C=O) groups excluding carboxylic acids is 1. The Morgan fingerprint density at radius 3 is 2.83 bits per heavy atom. The van der Waals surface area contributed by atoms with E-state index in [9.17, 15) is 4.79 Å². The molecule has 2 aliphatic rings. The SMILES string of the molecule is CC(C)(C)c1cc(NC(=O)C2CCCN2CC2CCCCO2)on1. The summed E-state index contributed by atoms with van der Waals surface area (Å²) in [4.78, 5) is 14.9. The van der Waals surface area contributed by atoms with Crippen LogP contribution in [0.1, 0.15) is 58.6 Å². The van der Waals surface area contributed by atoms with E-state index in [0.717, 1.165) is 51.1 Å². The minimum absolute atomic E-state index is 0.0000753. The zero-order valence-electron chi connectivity index (χ0n) is 15.0. The van der Waals surface area contributed by atoms with Crippen LogP contribution in [-0.2, 0) is 14.9 Å². The number of amides is 1. The summed E-state index contributed by atoms with van der Waals surface area (Å²) >= 11 is 0. The first-order chi connectivity index (χ1) is 11.4. The van der Waals surface area contributed by atoms with Gasteiger partial charge in [0.1, 0.15) is 0 Å². The zero-order chi connectivity index (χ0) is 17.2. The van der Waals surface area contributed by atoms with Gasteiger partial charge in [-0.05, 0) is 38.6 Å². The highest BCUT2D eigenvalue weighted by Gasteiger charge is 2.33. The summed E-state index contributed by atoms with van der Waals surface area (Å²) in [6.07, 6.45) is 5.69. The van der Waals surface area contributed by atoms with Crippen LogP contribution in [0.5, 0.6) is 0 Å². The Balaban J connectivity index is 1.58. The van der Waals surface area contributed by atoms with E-state index in [1.54, 1.807) is 0 Å². The molecular formula is C18H29N3O3. The number of anilines is 1. The summed E-state index contributed by atoms with van der Waals surface area (Å²) < 4.78 is 11.1. The van der Waals surface area contributed by atoms with Gasteiger partial charge in [-0.3, -0.25) is 15.0 Å². The second-order valence-electron chi connectivity index (χ2n) is 7.96. The monoisotopic (exact) mass is 335 g/mol. The Hall–Kier alpha value is -1.40. The second-order valence-corrected chi connectivity index (χ2v) is 7.96. The molecule has 2 saturated heterocycles. The van der Waals surface area contributed by atoms with Crippen molar-refractivity contribution in [3.63, 3.8) is 0 Å². The number of aromatic nitrogens is 1. The van der Waals surface area contributed by atoms with Crippen LogP contribution in [0.3, 0.4) is 0 Å². The van der Waals surface area contributed by atoms with Crippen molar-refractivity contribution >= 4 is 11.8 Å². The van der Waals surface area contributed by atoms with Crippen LogP contribution in [0.15, 0.2) is 10.6 Å². The lowest BCUT2D eigenvalue weighted by Crippen LogP contribution is -2.44. The predicted molar refractivity (Wildman–Crippen MR) is 92.0 cm³/mol. The molecule has 1 amide bonds. The second kappa shape index (κ2) is 7.23. The van der Waals surface area contributed by atoms with Gasteiger partial charge in [-0.1, -0.05) is 25.9 Å².